The van der Waals surface area contributed by atoms with Crippen molar-refractivity contribution in [2.24, 2.45) is 5.73 Å². The van der Waals surface area contributed by atoms with Crippen LogP contribution in [-0.2, 0) is 5.41 Å². The molecule has 0 radical (unpaired) electrons. The maximum absolute atomic E-state index is 6.10. The van der Waals surface area contributed by atoms with Gasteiger partial charge in [0.05, 0.1) is 0 Å². The Hall–Kier alpha value is -0.820. The standard InChI is InChI=1S/C16H25N/c1-12(2)14-7-6-13(3)15(10-14)16(11-17)8-4-5-9-16/h6-7,10,12H,4-5,8-9,11,17H2,1-3H3. The quantitative estimate of drug-likeness (QED) is 0.839. The highest BCUT2D eigenvalue weighted by atomic mass is 14.6. The summed E-state index contributed by atoms with van der Waals surface area (Å²) in [5.41, 5.74) is 10.8. The normalized spacial score (nSPS) is 18.9. The van der Waals surface area contributed by atoms with Gasteiger partial charge in [0.2, 0.25) is 0 Å². The first-order valence-corrected chi connectivity index (χ1v) is 6.90. The molecule has 1 aliphatic rings. The number of nitrogens with two attached hydrogens (primary N) is 1. The van der Waals surface area contributed by atoms with Crippen molar-refractivity contribution in [3.63, 3.8) is 0 Å². The highest BCUT2D eigenvalue weighted by Crippen LogP contribution is 2.42. The topological polar surface area (TPSA) is 26.0 Å². The Morgan fingerprint density at radius 1 is 1.24 bits per heavy atom. The zero-order valence-electron chi connectivity index (χ0n) is 11.4. The highest BCUT2D eigenvalue weighted by Gasteiger charge is 2.35. The summed E-state index contributed by atoms with van der Waals surface area (Å²) in [7, 11) is 0. The lowest BCUT2D eigenvalue weighted by Crippen LogP contribution is -2.32. The van der Waals surface area contributed by atoms with E-state index in [0.29, 0.717) is 5.92 Å². The molecule has 0 aromatic heterocycles. The highest BCUT2D eigenvalue weighted by molar-refractivity contribution is 5.39. The van der Waals surface area contributed by atoms with Gasteiger partial charge in [0.25, 0.3) is 0 Å². The predicted octanol–water partition coefficient (Wildman–Crippen LogP) is 3.89. The molecule has 0 bridgehead atoms. The summed E-state index contributed by atoms with van der Waals surface area (Å²) in [6, 6.07) is 6.96. The van der Waals surface area contributed by atoms with Crippen molar-refractivity contribution in [3.05, 3.63) is 34.9 Å². The smallest absolute Gasteiger partial charge is 0.00782 e. The van der Waals surface area contributed by atoms with Gasteiger partial charge < -0.3 is 5.73 Å². The van der Waals surface area contributed by atoms with E-state index in [1.165, 1.54) is 42.4 Å². The Labute approximate surface area is 105 Å². The lowest BCUT2D eigenvalue weighted by atomic mass is 9.76. The molecule has 94 valence electrons. The van der Waals surface area contributed by atoms with Crippen LogP contribution in [0.25, 0.3) is 0 Å². The molecule has 1 fully saturated rings. The van der Waals surface area contributed by atoms with E-state index < -0.39 is 0 Å². The summed E-state index contributed by atoms with van der Waals surface area (Å²) in [6.07, 6.45) is 5.21. The van der Waals surface area contributed by atoms with Crippen LogP contribution in [0.2, 0.25) is 0 Å². The van der Waals surface area contributed by atoms with Crippen LogP contribution in [0.15, 0.2) is 18.2 Å². The van der Waals surface area contributed by atoms with Crippen molar-refractivity contribution in [1.82, 2.24) is 0 Å². The second-order valence-electron chi connectivity index (χ2n) is 5.92. The van der Waals surface area contributed by atoms with Crippen LogP contribution < -0.4 is 5.73 Å². The van der Waals surface area contributed by atoms with Crippen molar-refractivity contribution >= 4 is 0 Å². The Bertz CT molecular complexity index is 387. The van der Waals surface area contributed by atoms with Gasteiger partial charge in [0, 0.05) is 12.0 Å². The summed E-state index contributed by atoms with van der Waals surface area (Å²) in [4.78, 5) is 0. The monoisotopic (exact) mass is 231 g/mol. The molecular weight excluding hydrogens is 206 g/mol. The van der Waals surface area contributed by atoms with Crippen molar-refractivity contribution in [2.75, 3.05) is 6.54 Å². The second kappa shape index (κ2) is 4.81. The van der Waals surface area contributed by atoms with Crippen LogP contribution in [-0.4, -0.2) is 6.54 Å². The zero-order chi connectivity index (χ0) is 12.5. The predicted molar refractivity (Wildman–Crippen MR) is 74.5 cm³/mol. The largest absolute Gasteiger partial charge is 0.330 e. The van der Waals surface area contributed by atoms with E-state index in [9.17, 15) is 0 Å². The summed E-state index contributed by atoms with van der Waals surface area (Å²) < 4.78 is 0. The van der Waals surface area contributed by atoms with Gasteiger partial charge in [-0.05, 0) is 42.4 Å². The molecule has 2 rings (SSSR count). The third-order valence-corrected chi connectivity index (χ3v) is 4.45. The maximum atomic E-state index is 6.10. The lowest BCUT2D eigenvalue weighted by molar-refractivity contribution is 0.450. The molecule has 0 heterocycles. The summed E-state index contributed by atoms with van der Waals surface area (Å²) in [6.45, 7) is 7.56. The number of benzene rings is 1. The minimum Gasteiger partial charge on any atom is -0.330 e. The fraction of sp³-hybridized carbons (Fsp3) is 0.625. The zero-order valence-corrected chi connectivity index (χ0v) is 11.4. The van der Waals surface area contributed by atoms with E-state index in [2.05, 4.69) is 39.0 Å². The van der Waals surface area contributed by atoms with Gasteiger partial charge in [-0.3, -0.25) is 0 Å². The molecule has 0 amide bonds. The molecule has 1 heteroatoms. The molecule has 0 unspecified atom stereocenters. The second-order valence-corrected chi connectivity index (χ2v) is 5.92. The fourth-order valence-corrected chi connectivity index (χ4v) is 3.21. The van der Waals surface area contributed by atoms with E-state index in [1.807, 2.05) is 0 Å². The molecule has 1 aromatic carbocycles. The van der Waals surface area contributed by atoms with E-state index >= 15 is 0 Å². The minimum atomic E-state index is 0.273. The summed E-state index contributed by atoms with van der Waals surface area (Å²) in [5, 5.41) is 0. The first-order valence-electron chi connectivity index (χ1n) is 6.90. The van der Waals surface area contributed by atoms with E-state index in [4.69, 9.17) is 5.73 Å². The van der Waals surface area contributed by atoms with Gasteiger partial charge in [-0.25, -0.2) is 0 Å². The molecule has 2 N–H and O–H groups in total. The minimum absolute atomic E-state index is 0.273. The van der Waals surface area contributed by atoms with Gasteiger partial charge in [-0.2, -0.15) is 0 Å². The third kappa shape index (κ3) is 2.26. The number of rotatable bonds is 3. The summed E-state index contributed by atoms with van der Waals surface area (Å²) in [5.74, 6) is 0.602. The lowest BCUT2D eigenvalue weighted by Gasteiger charge is -2.30. The van der Waals surface area contributed by atoms with E-state index in [0.717, 1.165) is 6.54 Å². The van der Waals surface area contributed by atoms with E-state index in [1.54, 1.807) is 0 Å². The van der Waals surface area contributed by atoms with Crippen LogP contribution in [0.4, 0.5) is 0 Å². The van der Waals surface area contributed by atoms with Crippen molar-refractivity contribution < 1.29 is 0 Å². The summed E-state index contributed by atoms with van der Waals surface area (Å²) >= 11 is 0. The van der Waals surface area contributed by atoms with Gasteiger partial charge in [-0.15, -0.1) is 0 Å². The van der Waals surface area contributed by atoms with Gasteiger partial charge in [0.15, 0.2) is 0 Å². The first-order chi connectivity index (χ1) is 8.09. The van der Waals surface area contributed by atoms with Crippen molar-refractivity contribution in [3.8, 4) is 0 Å². The molecule has 1 saturated carbocycles. The van der Waals surface area contributed by atoms with E-state index in [-0.39, 0.29) is 5.41 Å². The molecular formula is C16H25N. The van der Waals surface area contributed by atoms with Crippen LogP contribution in [0.5, 0.6) is 0 Å². The third-order valence-electron chi connectivity index (χ3n) is 4.45. The molecule has 17 heavy (non-hydrogen) atoms. The van der Waals surface area contributed by atoms with Crippen LogP contribution in [0.1, 0.15) is 62.1 Å². The van der Waals surface area contributed by atoms with Crippen LogP contribution >= 0.6 is 0 Å². The average Bonchev–Trinajstić information content (AvgIpc) is 2.79. The average molecular weight is 231 g/mol. The number of hydrogen-bond donors (Lipinski definition) is 1. The first kappa shape index (κ1) is 12.6. The Kier molecular flexibility index (Phi) is 3.58. The molecule has 0 aliphatic heterocycles. The number of aryl methyl sites for hydroxylation is 1. The maximum Gasteiger partial charge on any atom is 0.00782 e. The van der Waals surface area contributed by atoms with Gasteiger partial charge >= 0.3 is 0 Å². The molecule has 0 spiro atoms. The van der Waals surface area contributed by atoms with Gasteiger partial charge in [-0.1, -0.05) is 44.9 Å². The SMILES string of the molecule is Cc1ccc(C(C)C)cc1C1(CN)CCCC1. The van der Waals surface area contributed by atoms with Crippen LogP contribution in [0.3, 0.4) is 0 Å². The Morgan fingerprint density at radius 3 is 2.41 bits per heavy atom. The van der Waals surface area contributed by atoms with Crippen molar-refractivity contribution in [1.29, 1.82) is 0 Å². The molecule has 1 nitrogen and oxygen atoms in total. The van der Waals surface area contributed by atoms with Crippen LogP contribution in [0, 0.1) is 6.92 Å². The Balaban J connectivity index is 2.45. The molecule has 1 aromatic rings. The van der Waals surface area contributed by atoms with Crippen molar-refractivity contribution in [2.45, 2.75) is 57.8 Å². The molecule has 1 aliphatic carbocycles. The number of hydrogen-bond acceptors (Lipinski definition) is 1. The molecule has 0 saturated heterocycles. The Morgan fingerprint density at radius 2 is 1.88 bits per heavy atom. The molecule has 0 atom stereocenters. The van der Waals surface area contributed by atoms with Gasteiger partial charge in [0.1, 0.15) is 0 Å². The fourth-order valence-electron chi connectivity index (χ4n) is 3.21.